The van der Waals surface area contributed by atoms with Crippen molar-refractivity contribution in [2.24, 2.45) is 0 Å². The maximum absolute atomic E-state index is 12.5. The van der Waals surface area contributed by atoms with Crippen molar-refractivity contribution in [3.8, 4) is 0 Å². The lowest BCUT2D eigenvalue weighted by molar-refractivity contribution is -0.143. The van der Waals surface area contributed by atoms with Gasteiger partial charge in [0.2, 0.25) is 5.91 Å². The zero-order chi connectivity index (χ0) is 60.6. The third kappa shape index (κ3) is 69.4. The van der Waals surface area contributed by atoms with Gasteiger partial charge in [-0.3, -0.25) is 9.59 Å². The number of carbonyl (C=O) groups excluding carboxylic acids is 2. The average Bonchev–Trinajstić information content (AvgIpc) is 3.51. The Bertz CT molecular complexity index is 1320. The van der Waals surface area contributed by atoms with Crippen LogP contribution in [0.25, 0.3) is 0 Å². The maximum atomic E-state index is 12.5. The van der Waals surface area contributed by atoms with E-state index in [1.165, 1.54) is 360 Å². The normalized spacial score (nSPS) is 12.6. The number of unbranched alkanes of at least 4 members (excludes halogenated alkanes) is 58. The summed E-state index contributed by atoms with van der Waals surface area (Å²) in [5, 5.41) is 23.4. The van der Waals surface area contributed by atoms with Gasteiger partial charge in [0.25, 0.3) is 0 Å². The lowest BCUT2D eigenvalue weighted by atomic mass is 10.0. The second-order valence-electron chi connectivity index (χ2n) is 26.7. The first kappa shape index (κ1) is 82.3. The van der Waals surface area contributed by atoms with E-state index in [4.69, 9.17) is 4.74 Å². The largest absolute Gasteiger partial charge is 0.466 e. The van der Waals surface area contributed by atoms with Crippen LogP contribution >= 0.6 is 0 Å². The number of nitrogens with one attached hydrogen (secondary N) is 1. The van der Waals surface area contributed by atoms with Crippen molar-refractivity contribution < 1.29 is 24.5 Å². The van der Waals surface area contributed by atoms with Crippen molar-refractivity contribution >= 4 is 11.9 Å². The number of hydrogen-bond acceptors (Lipinski definition) is 5. The highest BCUT2D eigenvalue weighted by Gasteiger charge is 2.20. The Morgan fingerprint density at radius 3 is 0.857 bits per heavy atom. The molecule has 6 nitrogen and oxygen atoms in total. The molecular weight excluding hydrogens is 1030 g/mol. The van der Waals surface area contributed by atoms with Gasteiger partial charge in [-0.15, -0.1) is 0 Å². The van der Waals surface area contributed by atoms with Gasteiger partial charge in [-0.1, -0.05) is 372 Å². The first-order valence-electron chi connectivity index (χ1n) is 38.6. The summed E-state index contributed by atoms with van der Waals surface area (Å²) >= 11 is 0. The molecule has 0 saturated heterocycles. The van der Waals surface area contributed by atoms with Gasteiger partial charge in [-0.05, 0) is 77.0 Å². The topological polar surface area (TPSA) is 95.9 Å². The zero-order valence-electron chi connectivity index (χ0n) is 57.2. The molecule has 0 spiro atoms. The zero-order valence-corrected chi connectivity index (χ0v) is 57.2. The molecule has 0 aliphatic heterocycles. The third-order valence-electron chi connectivity index (χ3n) is 18.2. The molecule has 6 heteroatoms. The molecule has 0 heterocycles. The van der Waals surface area contributed by atoms with Crippen LogP contribution in [0, 0.1) is 0 Å². The van der Waals surface area contributed by atoms with Crippen molar-refractivity contribution in [2.75, 3.05) is 13.2 Å². The number of ether oxygens (including phenoxy) is 1. The molecular formula is C78H151NO5. The van der Waals surface area contributed by atoms with Crippen LogP contribution in [-0.2, 0) is 14.3 Å². The standard InChI is InChI=1S/C78H151NO5/c1-3-5-7-9-11-13-15-17-18-19-37-40-43-47-50-54-58-62-66-70-76(81)75(74-80)79-77(82)71-67-63-59-55-51-48-44-41-38-35-33-31-29-27-25-23-21-20-22-24-26-28-30-32-34-36-39-42-45-49-53-57-61-65-69-73-84-78(83)72-68-64-60-56-52-46-16-14-12-10-8-6-4-2/h14,16,22,24,75-76,80-81H,3-13,15,17-21,23,25-74H2,1-2H3,(H,79,82)/b16-14-,24-22-. The molecule has 0 bridgehead atoms. The molecule has 0 fully saturated rings. The lowest BCUT2D eigenvalue weighted by Gasteiger charge is -2.22. The predicted octanol–water partition coefficient (Wildman–Crippen LogP) is 25.3. The highest BCUT2D eigenvalue weighted by molar-refractivity contribution is 5.76. The number of allylic oxidation sites excluding steroid dienone is 4. The van der Waals surface area contributed by atoms with Gasteiger partial charge in [0.05, 0.1) is 25.4 Å². The number of amides is 1. The molecule has 0 aromatic rings. The fraction of sp³-hybridized carbons (Fsp3) is 0.923. The fourth-order valence-corrected chi connectivity index (χ4v) is 12.3. The Morgan fingerprint density at radius 2 is 0.560 bits per heavy atom. The van der Waals surface area contributed by atoms with Crippen molar-refractivity contribution in [3.63, 3.8) is 0 Å². The van der Waals surface area contributed by atoms with Crippen molar-refractivity contribution in [1.29, 1.82) is 0 Å². The van der Waals surface area contributed by atoms with E-state index in [0.29, 0.717) is 25.9 Å². The van der Waals surface area contributed by atoms with Gasteiger partial charge in [0.15, 0.2) is 0 Å². The molecule has 0 aromatic heterocycles. The van der Waals surface area contributed by atoms with E-state index in [9.17, 15) is 19.8 Å². The Balaban J connectivity index is 3.34. The summed E-state index contributed by atoms with van der Waals surface area (Å²) in [5.74, 6) is -0.0150. The summed E-state index contributed by atoms with van der Waals surface area (Å²) in [6.45, 7) is 4.98. The van der Waals surface area contributed by atoms with Gasteiger partial charge in [0.1, 0.15) is 0 Å². The number of aliphatic hydroxyl groups is 2. The lowest BCUT2D eigenvalue weighted by Crippen LogP contribution is -2.45. The molecule has 498 valence electrons. The molecule has 0 aliphatic rings. The summed E-state index contributed by atoms with van der Waals surface area (Å²) < 4.78 is 5.49. The molecule has 84 heavy (non-hydrogen) atoms. The molecule has 0 aliphatic carbocycles. The molecule has 3 N–H and O–H groups in total. The van der Waals surface area contributed by atoms with Crippen LogP contribution in [0.5, 0.6) is 0 Å². The highest BCUT2D eigenvalue weighted by Crippen LogP contribution is 2.20. The fourth-order valence-electron chi connectivity index (χ4n) is 12.3. The van der Waals surface area contributed by atoms with E-state index >= 15 is 0 Å². The number of esters is 1. The summed E-state index contributed by atoms with van der Waals surface area (Å²) in [7, 11) is 0. The van der Waals surface area contributed by atoms with Crippen LogP contribution in [0.4, 0.5) is 0 Å². The van der Waals surface area contributed by atoms with Crippen LogP contribution in [-0.4, -0.2) is 47.4 Å². The molecule has 2 atom stereocenters. The Labute approximate surface area is 526 Å². The second-order valence-corrected chi connectivity index (χ2v) is 26.7. The molecule has 0 rings (SSSR count). The van der Waals surface area contributed by atoms with E-state index < -0.39 is 12.1 Å². The highest BCUT2D eigenvalue weighted by atomic mass is 16.5. The average molecular weight is 1180 g/mol. The molecule has 0 saturated carbocycles. The van der Waals surface area contributed by atoms with E-state index in [-0.39, 0.29) is 18.5 Å². The first-order chi connectivity index (χ1) is 41.5. The van der Waals surface area contributed by atoms with Gasteiger partial charge in [0, 0.05) is 12.8 Å². The number of hydrogen-bond donors (Lipinski definition) is 3. The summed E-state index contributed by atoms with van der Waals surface area (Å²) in [4.78, 5) is 24.6. The van der Waals surface area contributed by atoms with Gasteiger partial charge < -0.3 is 20.3 Å². The van der Waals surface area contributed by atoms with Crippen LogP contribution in [0.2, 0.25) is 0 Å². The predicted molar refractivity (Wildman–Crippen MR) is 370 cm³/mol. The molecule has 2 unspecified atom stereocenters. The number of carbonyl (C=O) groups is 2. The maximum Gasteiger partial charge on any atom is 0.305 e. The van der Waals surface area contributed by atoms with Gasteiger partial charge >= 0.3 is 5.97 Å². The summed E-state index contributed by atoms with van der Waals surface area (Å²) in [6, 6.07) is -0.539. The van der Waals surface area contributed by atoms with E-state index in [2.05, 4.69) is 43.5 Å². The van der Waals surface area contributed by atoms with E-state index in [0.717, 1.165) is 44.9 Å². The monoisotopic (exact) mass is 1180 g/mol. The molecule has 0 radical (unpaired) electrons. The van der Waals surface area contributed by atoms with Crippen LogP contribution in [0.3, 0.4) is 0 Å². The minimum absolute atomic E-state index is 0.0117. The van der Waals surface area contributed by atoms with Gasteiger partial charge in [-0.25, -0.2) is 0 Å². The molecule has 0 aromatic carbocycles. The SMILES string of the molecule is CCCCCC/C=C\CCCCCCCC(=O)OCCCCCCCCCCCCCCCC/C=C\CCCCCCCCCCCCCCCCCCCC(=O)NC(CO)C(O)CCCCCCCCCCCCCCCCCCCCC. The minimum Gasteiger partial charge on any atom is -0.466 e. The van der Waals surface area contributed by atoms with Crippen molar-refractivity contribution in [2.45, 2.75) is 450 Å². The summed E-state index contributed by atoms with van der Waals surface area (Å²) in [6.07, 6.45) is 94.1. The quantitative estimate of drug-likeness (QED) is 0.0320. The van der Waals surface area contributed by atoms with Crippen LogP contribution in [0.15, 0.2) is 24.3 Å². The molecule has 1 amide bonds. The number of rotatable bonds is 73. The van der Waals surface area contributed by atoms with E-state index in [1.807, 2.05) is 0 Å². The van der Waals surface area contributed by atoms with Crippen molar-refractivity contribution in [3.05, 3.63) is 24.3 Å². The van der Waals surface area contributed by atoms with Crippen LogP contribution < -0.4 is 5.32 Å². The number of aliphatic hydroxyl groups excluding tert-OH is 2. The minimum atomic E-state index is -0.662. The Kier molecular flexibility index (Phi) is 72.3. The summed E-state index contributed by atoms with van der Waals surface area (Å²) in [5.41, 5.74) is 0. The Morgan fingerprint density at radius 1 is 0.321 bits per heavy atom. The smallest absolute Gasteiger partial charge is 0.305 e. The Hall–Kier alpha value is -1.66. The first-order valence-corrected chi connectivity index (χ1v) is 38.6. The van der Waals surface area contributed by atoms with Crippen molar-refractivity contribution in [1.82, 2.24) is 5.32 Å². The third-order valence-corrected chi connectivity index (χ3v) is 18.2. The van der Waals surface area contributed by atoms with E-state index in [1.54, 1.807) is 0 Å². The van der Waals surface area contributed by atoms with Gasteiger partial charge in [-0.2, -0.15) is 0 Å². The van der Waals surface area contributed by atoms with Crippen LogP contribution in [0.1, 0.15) is 438 Å². The second kappa shape index (κ2) is 73.8.